The number of nitrogens with zero attached hydrogens (tertiary/aromatic N) is 1. The first-order valence-corrected chi connectivity index (χ1v) is 7.79. The number of hydrogen-bond acceptors (Lipinski definition) is 2. The number of likely N-dealkylation sites (N-methyl/N-ethyl adjacent to an activating group) is 1. The lowest BCUT2D eigenvalue weighted by atomic mass is 10.1. The van der Waals surface area contributed by atoms with Gasteiger partial charge in [0, 0.05) is 12.1 Å². The summed E-state index contributed by atoms with van der Waals surface area (Å²) in [5.74, 6) is -2.11. The average Bonchev–Trinajstić information content (AvgIpc) is 2.57. The van der Waals surface area contributed by atoms with Crippen LogP contribution in [0.15, 0.2) is 42.5 Å². The van der Waals surface area contributed by atoms with Crippen LogP contribution >= 0.6 is 11.6 Å². The van der Waals surface area contributed by atoms with E-state index in [1.807, 2.05) is 18.2 Å². The Bertz CT molecular complexity index is 724. The highest BCUT2D eigenvalue weighted by atomic mass is 35.5. The molecule has 0 saturated heterocycles. The molecule has 0 bridgehead atoms. The molecular formula is C18H18ClF2NO2. The summed E-state index contributed by atoms with van der Waals surface area (Å²) in [6.07, 6.45) is 0. The van der Waals surface area contributed by atoms with Gasteiger partial charge in [-0.2, -0.15) is 0 Å². The highest BCUT2D eigenvalue weighted by Gasteiger charge is 2.18. The van der Waals surface area contributed by atoms with Crippen LogP contribution in [-0.2, 0) is 16.1 Å². The van der Waals surface area contributed by atoms with E-state index < -0.39 is 17.7 Å². The largest absolute Gasteiger partial charge is 0.367 e. The molecule has 0 aromatic heterocycles. The fourth-order valence-electron chi connectivity index (χ4n) is 2.18. The van der Waals surface area contributed by atoms with Gasteiger partial charge in [-0.25, -0.2) is 8.78 Å². The van der Waals surface area contributed by atoms with Gasteiger partial charge in [-0.05, 0) is 36.2 Å². The number of amides is 1. The molecule has 128 valence electrons. The molecular weight excluding hydrogens is 336 g/mol. The van der Waals surface area contributed by atoms with Crippen LogP contribution < -0.4 is 0 Å². The summed E-state index contributed by atoms with van der Waals surface area (Å²) in [6.45, 7) is 1.83. The number of halogens is 3. The fraction of sp³-hybridized carbons (Fsp3) is 0.278. The minimum atomic E-state index is -0.935. The Kier molecular flexibility index (Phi) is 6.29. The topological polar surface area (TPSA) is 29.5 Å². The molecule has 2 aromatic rings. The van der Waals surface area contributed by atoms with Crippen LogP contribution in [0.3, 0.4) is 0 Å². The van der Waals surface area contributed by atoms with Gasteiger partial charge < -0.3 is 9.64 Å². The first-order valence-electron chi connectivity index (χ1n) is 7.42. The van der Waals surface area contributed by atoms with Gasteiger partial charge in [0.05, 0.1) is 12.6 Å². The second-order valence-electron chi connectivity index (χ2n) is 5.44. The smallest absolute Gasteiger partial charge is 0.248 e. The van der Waals surface area contributed by atoms with Crippen LogP contribution in [0.4, 0.5) is 8.78 Å². The molecule has 0 aliphatic rings. The maximum atomic E-state index is 13.3. The van der Waals surface area contributed by atoms with E-state index in [-0.39, 0.29) is 19.1 Å². The van der Waals surface area contributed by atoms with Gasteiger partial charge in [-0.15, -0.1) is 0 Å². The number of rotatable bonds is 6. The Morgan fingerprint density at radius 2 is 1.92 bits per heavy atom. The van der Waals surface area contributed by atoms with Crippen molar-refractivity contribution >= 4 is 17.5 Å². The lowest BCUT2D eigenvalue weighted by molar-refractivity contribution is -0.137. The minimum Gasteiger partial charge on any atom is -0.367 e. The van der Waals surface area contributed by atoms with Crippen molar-refractivity contribution in [1.29, 1.82) is 0 Å². The molecule has 2 rings (SSSR count). The maximum absolute atomic E-state index is 13.3. The summed E-state index contributed by atoms with van der Waals surface area (Å²) in [7, 11) is 1.59. The summed E-state index contributed by atoms with van der Waals surface area (Å²) >= 11 is 6.02. The number of carbonyl (C=O) groups excluding carboxylic acids is 1. The Morgan fingerprint density at radius 1 is 1.21 bits per heavy atom. The SMILES string of the molecule is CC(c1ccc(F)c(F)c1)N(C)C(=O)COCc1ccccc1Cl. The Hall–Kier alpha value is -1.98. The number of hydrogen-bond donors (Lipinski definition) is 0. The average molecular weight is 354 g/mol. The molecule has 0 aliphatic heterocycles. The number of ether oxygens (including phenoxy) is 1. The van der Waals surface area contributed by atoms with E-state index in [0.717, 1.165) is 17.7 Å². The van der Waals surface area contributed by atoms with Crippen molar-refractivity contribution < 1.29 is 18.3 Å². The van der Waals surface area contributed by atoms with E-state index in [2.05, 4.69) is 0 Å². The van der Waals surface area contributed by atoms with Crippen molar-refractivity contribution in [3.8, 4) is 0 Å². The highest BCUT2D eigenvalue weighted by molar-refractivity contribution is 6.31. The normalized spacial score (nSPS) is 12.0. The van der Waals surface area contributed by atoms with Gasteiger partial charge in [0.15, 0.2) is 11.6 Å². The van der Waals surface area contributed by atoms with E-state index in [4.69, 9.17) is 16.3 Å². The second-order valence-corrected chi connectivity index (χ2v) is 5.85. The standard InChI is InChI=1S/C18H18ClF2NO2/c1-12(13-7-8-16(20)17(21)9-13)22(2)18(23)11-24-10-14-5-3-4-6-15(14)19/h3-9,12H,10-11H2,1-2H3. The number of carbonyl (C=O) groups is 1. The molecule has 0 spiro atoms. The molecule has 1 unspecified atom stereocenters. The molecule has 0 heterocycles. The third-order valence-corrected chi connectivity index (χ3v) is 4.21. The second kappa shape index (κ2) is 8.22. The van der Waals surface area contributed by atoms with Gasteiger partial charge in [0.2, 0.25) is 5.91 Å². The predicted octanol–water partition coefficient (Wildman–Crippen LogP) is 4.35. The van der Waals surface area contributed by atoms with Gasteiger partial charge >= 0.3 is 0 Å². The Morgan fingerprint density at radius 3 is 2.58 bits per heavy atom. The highest BCUT2D eigenvalue weighted by Crippen LogP contribution is 2.21. The minimum absolute atomic E-state index is 0.129. The van der Waals surface area contributed by atoms with E-state index in [9.17, 15) is 13.6 Å². The summed E-state index contributed by atoms with van der Waals surface area (Å²) in [5.41, 5.74) is 1.30. The lowest BCUT2D eigenvalue weighted by Gasteiger charge is -2.25. The molecule has 2 aromatic carbocycles. The molecule has 3 nitrogen and oxygen atoms in total. The van der Waals surface area contributed by atoms with Crippen LogP contribution in [0.1, 0.15) is 24.1 Å². The quantitative estimate of drug-likeness (QED) is 0.772. The third-order valence-electron chi connectivity index (χ3n) is 3.84. The van der Waals surface area contributed by atoms with Crippen LogP contribution in [0.2, 0.25) is 5.02 Å². The summed E-state index contributed by atoms with van der Waals surface area (Å²) in [6, 6.07) is 10.4. The van der Waals surface area contributed by atoms with Gasteiger partial charge in [0.1, 0.15) is 6.61 Å². The Labute approximate surface area is 144 Å². The molecule has 1 amide bonds. The van der Waals surface area contributed by atoms with Crippen LogP contribution in [-0.4, -0.2) is 24.5 Å². The summed E-state index contributed by atoms with van der Waals surface area (Å²) in [4.78, 5) is 13.6. The van der Waals surface area contributed by atoms with E-state index >= 15 is 0 Å². The molecule has 6 heteroatoms. The van der Waals surface area contributed by atoms with Crippen molar-refractivity contribution in [2.24, 2.45) is 0 Å². The van der Waals surface area contributed by atoms with Crippen molar-refractivity contribution in [3.63, 3.8) is 0 Å². The van der Waals surface area contributed by atoms with Gasteiger partial charge in [-0.1, -0.05) is 35.9 Å². The zero-order valence-corrected chi connectivity index (χ0v) is 14.2. The summed E-state index contributed by atoms with van der Waals surface area (Å²) in [5, 5.41) is 0.577. The lowest BCUT2D eigenvalue weighted by Crippen LogP contribution is -2.32. The first kappa shape index (κ1) is 18.4. The molecule has 0 radical (unpaired) electrons. The molecule has 24 heavy (non-hydrogen) atoms. The fourth-order valence-corrected chi connectivity index (χ4v) is 2.37. The Balaban J connectivity index is 1.91. The predicted molar refractivity (Wildman–Crippen MR) is 88.7 cm³/mol. The van der Waals surface area contributed by atoms with Crippen LogP contribution in [0.5, 0.6) is 0 Å². The van der Waals surface area contributed by atoms with Crippen molar-refractivity contribution in [2.75, 3.05) is 13.7 Å². The maximum Gasteiger partial charge on any atom is 0.248 e. The van der Waals surface area contributed by atoms with Crippen molar-refractivity contribution in [2.45, 2.75) is 19.6 Å². The molecule has 1 atom stereocenters. The van der Waals surface area contributed by atoms with Crippen LogP contribution in [0, 0.1) is 11.6 Å². The monoisotopic (exact) mass is 353 g/mol. The first-order chi connectivity index (χ1) is 11.4. The summed E-state index contributed by atoms with van der Waals surface area (Å²) < 4.78 is 31.7. The number of benzene rings is 2. The van der Waals surface area contributed by atoms with E-state index in [1.165, 1.54) is 11.0 Å². The van der Waals surface area contributed by atoms with E-state index in [0.29, 0.717) is 10.6 Å². The molecule has 0 saturated carbocycles. The van der Waals surface area contributed by atoms with E-state index in [1.54, 1.807) is 20.0 Å². The zero-order valence-electron chi connectivity index (χ0n) is 13.4. The molecule has 0 aliphatic carbocycles. The van der Waals surface area contributed by atoms with Crippen LogP contribution in [0.25, 0.3) is 0 Å². The van der Waals surface area contributed by atoms with Crippen molar-refractivity contribution in [3.05, 3.63) is 70.2 Å². The zero-order chi connectivity index (χ0) is 17.7. The van der Waals surface area contributed by atoms with Gasteiger partial charge in [-0.3, -0.25) is 4.79 Å². The molecule has 0 N–H and O–H groups in total. The van der Waals surface area contributed by atoms with Crippen molar-refractivity contribution in [1.82, 2.24) is 4.90 Å². The third kappa shape index (κ3) is 4.52. The molecule has 0 fully saturated rings. The van der Waals surface area contributed by atoms with Gasteiger partial charge in [0.25, 0.3) is 0 Å².